The molecule has 76 valence electrons. The predicted octanol–water partition coefficient (Wildman–Crippen LogP) is 2.62. The van der Waals surface area contributed by atoms with Gasteiger partial charge in [-0.15, -0.1) is 0 Å². The molecular weight excluding hydrogens is 158 g/mol. The first-order chi connectivity index (χ1) is 6.09. The topological polar surface area (TPSA) is 3.24 Å². The average Bonchev–Trinajstić information content (AvgIpc) is 2.37. The molecule has 1 aliphatic heterocycles. The number of hydrogen-bond donors (Lipinski definition) is 0. The standard InChI is InChI=1S/C12H23N/c1-6-13-10(5)9(4)11-7(2)8(3)12(11)13/h7-12H,6H2,1-5H3/t7-,8+,9+,10-,11+,12+/m0/s1. The van der Waals surface area contributed by atoms with E-state index >= 15 is 0 Å². The molecule has 6 atom stereocenters. The van der Waals surface area contributed by atoms with Crippen LogP contribution in [0.1, 0.15) is 34.6 Å². The van der Waals surface area contributed by atoms with Crippen molar-refractivity contribution in [3.8, 4) is 0 Å². The van der Waals surface area contributed by atoms with E-state index in [9.17, 15) is 0 Å². The molecule has 0 N–H and O–H groups in total. The van der Waals surface area contributed by atoms with Crippen LogP contribution in [0.3, 0.4) is 0 Å². The van der Waals surface area contributed by atoms with E-state index in [1.54, 1.807) is 0 Å². The van der Waals surface area contributed by atoms with Gasteiger partial charge in [-0.25, -0.2) is 0 Å². The van der Waals surface area contributed by atoms with Gasteiger partial charge in [0.15, 0.2) is 0 Å². The molecule has 0 unspecified atom stereocenters. The van der Waals surface area contributed by atoms with Crippen LogP contribution < -0.4 is 0 Å². The van der Waals surface area contributed by atoms with E-state index in [1.165, 1.54) is 6.54 Å². The van der Waals surface area contributed by atoms with Gasteiger partial charge in [0.25, 0.3) is 0 Å². The molecule has 2 fully saturated rings. The van der Waals surface area contributed by atoms with Gasteiger partial charge in [0.1, 0.15) is 0 Å². The number of likely N-dealkylation sites (tertiary alicyclic amines) is 1. The van der Waals surface area contributed by atoms with Crippen molar-refractivity contribution in [1.29, 1.82) is 0 Å². The van der Waals surface area contributed by atoms with Crippen molar-refractivity contribution >= 4 is 0 Å². The number of rotatable bonds is 1. The van der Waals surface area contributed by atoms with E-state index in [4.69, 9.17) is 0 Å². The fourth-order valence-corrected chi connectivity index (χ4v) is 3.88. The van der Waals surface area contributed by atoms with Gasteiger partial charge in [0, 0.05) is 12.1 Å². The van der Waals surface area contributed by atoms with Crippen LogP contribution >= 0.6 is 0 Å². The lowest BCUT2D eigenvalue weighted by Crippen LogP contribution is -2.53. The van der Waals surface area contributed by atoms with Crippen molar-refractivity contribution in [1.82, 2.24) is 4.90 Å². The van der Waals surface area contributed by atoms with Crippen molar-refractivity contribution in [3.63, 3.8) is 0 Å². The highest BCUT2D eigenvalue weighted by molar-refractivity contribution is 5.08. The van der Waals surface area contributed by atoms with Crippen molar-refractivity contribution in [2.24, 2.45) is 23.7 Å². The lowest BCUT2D eigenvalue weighted by Gasteiger charge is -2.49. The Morgan fingerprint density at radius 1 is 0.923 bits per heavy atom. The maximum atomic E-state index is 2.72. The third kappa shape index (κ3) is 1.03. The fraction of sp³-hybridized carbons (Fsp3) is 1.00. The summed E-state index contributed by atoms with van der Waals surface area (Å²) in [6, 6.07) is 1.72. The smallest absolute Gasteiger partial charge is 0.0160 e. The highest BCUT2D eigenvalue weighted by Gasteiger charge is 2.56. The Kier molecular flexibility index (Phi) is 2.18. The summed E-state index contributed by atoms with van der Waals surface area (Å²) < 4.78 is 0. The Morgan fingerprint density at radius 3 is 2.08 bits per heavy atom. The normalized spacial score (nSPS) is 56.1. The summed E-state index contributed by atoms with van der Waals surface area (Å²) in [4.78, 5) is 2.72. The minimum atomic E-state index is 0.812. The zero-order chi connectivity index (χ0) is 9.75. The zero-order valence-electron chi connectivity index (χ0n) is 9.62. The molecule has 0 amide bonds. The van der Waals surface area contributed by atoms with E-state index in [0.717, 1.165) is 35.8 Å². The Labute approximate surface area is 82.5 Å². The van der Waals surface area contributed by atoms with Crippen LogP contribution in [0.15, 0.2) is 0 Å². The van der Waals surface area contributed by atoms with Gasteiger partial charge in [0.05, 0.1) is 0 Å². The molecule has 0 aromatic rings. The van der Waals surface area contributed by atoms with Gasteiger partial charge in [-0.3, -0.25) is 4.90 Å². The molecule has 1 heteroatoms. The molecule has 0 bridgehead atoms. The molecule has 13 heavy (non-hydrogen) atoms. The molecule has 1 aliphatic carbocycles. The second kappa shape index (κ2) is 2.98. The molecule has 2 aliphatic rings. The first-order valence-electron chi connectivity index (χ1n) is 5.85. The number of fused-ring (bicyclic) bond motifs is 1. The van der Waals surface area contributed by atoms with Crippen molar-refractivity contribution < 1.29 is 0 Å². The van der Waals surface area contributed by atoms with Crippen molar-refractivity contribution in [3.05, 3.63) is 0 Å². The Balaban J connectivity index is 2.18. The minimum Gasteiger partial charge on any atom is -0.297 e. The summed E-state index contributed by atoms with van der Waals surface area (Å²) >= 11 is 0. The predicted molar refractivity (Wildman–Crippen MR) is 56.6 cm³/mol. The molecule has 0 aromatic carbocycles. The van der Waals surface area contributed by atoms with E-state index < -0.39 is 0 Å². The lowest BCUT2D eigenvalue weighted by atomic mass is 9.60. The third-order valence-corrected chi connectivity index (χ3v) is 5.01. The zero-order valence-corrected chi connectivity index (χ0v) is 9.62. The number of hydrogen-bond acceptors (Lipinski definition) is 1. The van der Waals surface area contributed by atoms with Crippen molar-refractivity contribution in [2.75, 3.05) is 6.54 Å². The lowest BCUT2D eigenvalue weighted by molar-refractivity contribution is -0.00163. The van der Waals surface area contributed by atoms with E-state index in [-0.39, 0.29) is 0 Å². The van der Waals surface area contributed by atoms with Crippen LogP contribution in [0.5, 0.6) is 0 Å². The van der Waals surface area contributed by atoms with Crippen LogP contribution in [0.25, 0.3) is 0 Å². The largest absolute Gasteiger partial charge is 0.297 e. The molecule has 1 saturated heterocycles. The molecule has 0 aromatic heterocycles. The highest BCUT2D eigenvalue weighted by atomic mass is 15.2. The van der Waals surface area contributed by atoms with Gasteiger partial charge in [-0.1, -0.05) is 27.7 Å². The van der Waals surface area contributed by atoms with Gasteiger partial charge in [0.2, 0.25) is 0 Å². The monoisotopic (exact) mass is 181 g/mol. The van der Waals surface area contributed by atoms with Gasteiger partial charge in [-0.2, -0.15) is 0 Å². The summed E-state index contributed by atoms with van der Waals surface area (Å²) in [6.07, 6.45) is 0. The SMILES string of the molecule is CCN1[C@@H]2[C@H](C)[C@H](C)[C@@H]2[C@H](C)[C@@H]1C. The van der Waals surface area contributed by atoms with Crippen LogP contribution in [-0.4, -0.2) is 23.5 Å². The molecule has 0 spiro atoms. The first kappa shape index (κ1) is 9.51. The van der Waals surface area contributed by atoms with E-state index in [1.807, 2.05) is 0 Å². The second-order valence-electron chi connectivity index (χ2n) is 5.22. The van der Waals surface area contributed by atoms with Crippen LogP contribution in [0, 0.1) is 23.7 Å². The Hall–Kier alpha value is -0.0400. The molecule has 0 radical (unpaired) electrons. The van der Waals surface area contributed by atoms with Crippen molar-refractivity contribution in [2.45, 2.75) is 46.7 Å². The van der Waals surface area contributed by atoms with Gasteiger partial charge >= 0.3 is 0 Å². The summed E-state index contributed by atoms with van der Waals surface area (Å²) in [5, 5.41) is 0. The van der Waals surface area contributed by atoms with Crippen LogP contribution in [0.4, 0.5) is 0 Å². The summed E-state index contributed by atoms with van der Waals surface area (Å²) in [5.41, 5.74) is 0. The third-order valence-electron chi connectivity index (χ3n) is 5.01. The van der Waals surface area contributed by atoms with Crippen LogP contribution in [0.2, 0.25) is 0 Å². The highest BCUT2D eigenvalue weighted by Crippen LogP contribution is 2.54. The van der Waals surface area contributed by atoms with E-state index in [2.05, 4.69) is 39.5 Å². The first-order valence-corrected chi connectivity index (χ1v) is 5.85. The van der Waals surface area contributed by atoms with Crippen LogP contribution in [-0.2, 0) is 0 Å². The Morgan fingerprint density at radius 2 is 1.54 bits per heavy atom. The van der Waals surface area contributed by atoms with Gasteiger partial charge < -0.3 is 0 Å². The molecule has 1 heterocycles. The Bertz CT molecular complexity index is 191. The molecule has 1 saturated carbocycles. The van der Waals surface area contributed by atoms with Gasteiger partial charge in [-0.05, 0) is 37.1 Å². The maximum absolute atomic E-state index is 2.72. The average molecular weight is 181 g/mol. The van der Waals surface area contributed by atoms with E-state index in [0.29, 0.717) is 0 Å². The minimum absolute atomic E-state index is 0.812. The number of nitrogens with zero attached hydrogens (tertiary/aromatic N) is 1. The maximum Gasteiger partial charge on any atom is 0.0160 e. The summed E-state index contributed by atoms with van der Waals surface area (Å²) in [7, 11) is 0. The fourth-order valence-electron chi connectivity index (χ4n) is 3.88. The molecule has 1 nitrogen and oxygen atoms in total. The summed E-state index contributed by atoms with van der Waals surface area (Å²) in [5.74, 6) is 3.79. The summed E-state index contributed by atoms with van der Waals surface area (Å²) in [6.45, 7) is 13.3. The molecule has 2 rings (SSSR count). The molecular formula is C12H23N. The quantitative estimate of drug-likeness (QED) is 0.601. The second-order valence-corrected chi connectivity index (χ2v) is 5.22.